The van der Waals surface area contributed by atoms with E-state index in [4.69, 9.17) is 14.2 Å². The Balaban J connectivity index is 1.45. The number of carbonyl (C=O) groups excluding carboxylic acids is 3. The Bertz CT molecular complexity index is 1020. The second-order valence-corrected chi connectivity index (χ2v) is 12.5. The van der Waals surface area contributed by atoms with Crippen LogP contribution in [0.5, 0.6) is 0 Å². The van der Waals surface area contributed by atoms with Gasteiger partial charge >= 0.3 is 17.9 Å². The number of esters is 3. The van der Waals surface area contributed by atoms with E-state index in [1.165, 1.54) is 26.3 Å². The molecular formula is C26H33NO6. The summed E-state index contributed by atoms with van der Waals surface area (Å²) in [4.78, 5) is 39.5. The van der Waals surface area contributed by atoms with Gasteiger partial charge in [0.2, 0.25) is 0 Å². The van der Waals surface area contributed by atoms with Crippen molar-refractivity contribution in [3.8, 4) is 0 Å². The van der Waals surface area contributed by atoms with Gasteiger partial charge in [0.15, 0.2) is 0 Å². The molecule has 9 bridgehead atoms. The lowest BCUT2D eigenvalue weighted by Crippen LogP contribution is -2.68. The predicted molar refractivity (Wildman–Crippen MR) is 115 cm³/mol. The Morgan fingerprint density at radius 1 is 1.03 bits per heavy atom. The summed E-state index contributed by atoms with van der Waals surface area (Å²) >= 11 is 0. The lowest BCUT2D eigenvalue weighted by atomic mass is 9.40. The lowest BCUT2D eigenvalue weighted by molar-refractivity contribution is -0.235. The summed E-state index contributed by atoms with van der Waals surface area (Å²) < 4.78 is 18.2. The molecule has 0 radical (unpaired) electrons. The van der Waals surface area contributed by atoms with Crippen LogP contribution in [0.4, 0.5) is 0 Å². The molecule has 9 fully saturated rings. The second-order valence-electron chi connectivity index (χ2n) is 12.5. The van der Waals surface area contributed by atoms with Gasteiger partial charge in [0.25, 0.3) is 0 Å². The Hall–Kier alpha value is -1.89. The third-order valence-electron chi connectivity index (χ3n) is 11.1. The Labute approximate surface area is 194 Å². The summed E-state index contributed by atoms with van der Waals surface area (Å²) in [5.41, 5.74) is 0.993. The monoisotopic (exact) mass is 455 g/mol. The van der Waals surface area contributed by atoms with Crippen LogP contribution < -0.4 is 0 Å². The molecule has 0 aromatic carbocycles. The van der Waals surface area contributed by atoms with Crippen molar-refractivity contribution in [2.45, 2.75) is 83.8 Å². The van der Waals surface area contributed by atoms with Crippen molar-refractivity contribution < 1.29 is 28.6 Å². The van der Waals surface area contributed by atoms with Gasteiger partial charge in [0, 0.05) is 56.7 Å². The predicted octanol–water partition coefficient (Wildman–Crippen LogP) is 2.48. The fraction of sp³-hybridized carbons (Fsp3) is 0.808. The summed E-state index contributed by atoms with van der Waals surface area (Å²) in [5.74, 6) is 0.264. The highest BCUT2D eigenvalue weighted by Crippen LogP contribution is 2.87. The van der Waals surface area contributed by atoms with Crippen LogP contribution in [0.15, 0.2) is 12.2 Å². The van der Waals surface area contributed by atoms with Gasteiger partial charge in [-0.3, -0.25) is 19.3 Å². The number of fused-ring (bicyclic) bond motifs is 1. The fourth-order valence-electron chi connectivity index (χ4n) is 11.4. The van der Waals surface area contributed by atoms with Gasteiger partial charge < -0.3 is 14.2 Å². The topological polar surface area (TPSA) is 82.1 Å². The molecule has 6 aliphatic carbocycles. The van der Waals surface area contributed by atoms with E-state index in [2.05, 4.69) is 18.4 Å². The van der Waals surface area contributed by atoms with Crippen LogP contribution in [-0.2, 0) is 28.6 Å². The van der Waals surface area contributed by atoms with Crippen LogP contribution in [0.25, 0.3) is 0 Å². The third-order valence-corrected chi connectivity index (χ3v) is 11.1. The van der Waals surface area contributed by atoms with E-state index < -0.39 is 12.2 Å². The summed E-state index contributed by atoms with van der Waals surface area (Å²) in [6.07, 6.45) is 2.68. The normalized spacial score (nSPS) is 57.9. The molecule has 0 amide bonds. The summed E-state index contributed by atoms with van der Waals surface area (Å²) in [7, 11) is 0. The van der Waals surface area contributed by atoms with E-state index in [1.54, 1.807) is 0 Å². The molecule has 3 aliphatic heterocycles. The average molecular weight is 456 g/mol. The van der Waals surface area contributed by atoms with Crippen LogP contribution >= 0.6 is 0 Å². The fourth-order valence-corrected chi connectivity index (χ4v) is 11.4. The number of piperidine rings is 2. The van der Waals surface area contributed by atoms with Crippen molar-refractivity contribution in [2.75, 3.05) is 6.54 Å². The zero-order chi connectivity index (χ0) is 23.2. The molecule has 0 aromatic heterocycles. The minimum Gasteiger partial charge on any atom is -0.462 e. The van der Waals surface area contributed by atoms with Crippen molar-refractivity contribution in [1.29, 1.82) is 0 Å². The first kappa shape index (κ1) is 20.5. The number of ether oxygens (including phenoxy) is 3. The highest BCUT2D eigenvalue weighted by Gasteiger charge is 2.91. The lowest BCUT2D eigenvalue weighted by Gasteiger charge is -2.65. The van der Waals surface area contributed by atoms with Crippen molar-refractivity contribution >= 4 is 17.9 Å². The van der Waals surface area contributed by atoms with Crippen LogP contribution in [0, 0.1) is 39.9 Å². The van der Waals surface area contributed by atoms with E-state index in [9.17, 15) is 14.4 Å². The molecule has 7 heteroatoms. The van der Waals surface area contributed by atoms with Gasteiger partial charge in [-0.05, 0) is 48.3 Å². The van der Waals surface area contributed by atoms with E-state index in [0.717, 1.165) is 32.2 Å². The molecule has 13 unspecified atom stereocenters. The zero-order valence-electron chi connectivity index (χ0n) is 19.8. The highest BCUT2D eigenvalue weighted by atomic mass is 16.6. The van der Waals surface area contributed by atoms with Gasteiger partial charge in [-0.15, -0.1) is 0 Å². The van der Waals surface area contributed by atoms with Gasteiger partial charge in [-0.2, -0.15) is 0 Å². The largest absolute Gasteiger partial charge is 0.462 e. The number of hydrogen-bond donors (Lipinski definition) is 0. The Morgan fingerprint density at radius 2 is 1.73 bits per heavy atom. The van der Waals surface area contributed by atoms with Crippen LogP contribution in [0.2, 0.25) is 0 Å². The standard InChI is InChI=1S/C26H33NO6/c1-11-7-25-8-16-21-24(5)9-17(31-12(2)28)23(33-14(4)30)26(21)18(25)6-15(11)20(32-13(3)29)19(25)22(26)27(16)10-24/h15-23H,1,6-10H2,2-5H3. The molecule has 3 saturated heterocycles. The zero-order valence-corrected chi connectivity index (χ0v) is 19.8. The number of nitrogens with zero attached hydrogens (tertiary/aromatic N) is 1. The Morgan fingerprint density at radius 3 is 2.39 bits per heavy atom. The maximum atomic E-state index is 12.4. The van der Waals surface area contributed by atoms with E-state index >= 15 is 0 Å². The van der Waals surface area contributed by atoms with Crippen molar-refractivity contribution in [3.63, 3.8) is 0 Å². The Kier molecular flexibility index (Phi) is 3.62. The molecule has 3 heterocycles. The molecule has 9 aliphatic rings. The van der Waals surface area contributed by atoms with Crippen molar-refractivity contribution in [2.24, 2.45) is 39.9 Å². The van der Waals surface area contributed by atoms with E-state index in [-0.39, 0.29) is 58.1 Å². The van der Waals surface area contributed by atoms with Gasteiger partial charge in [0.05, 0.1) is 0 Å². The van der Waals surface area contributed by atoms with Crippen LogP contribution in [0.3, 0.4) is 0 Å². The summed E-state index contributed by atoms with van der Waals surface area (Å²) in [6.45, 7) is 12.2. The maximum Gasteiger partial charge on any atom is 0.303 e. The van der Waals surface area contributed by atoms with E-state index in [1.807, 2.05) is 0 Å². The number of rotatable bonds is 3. The van der Waals surface area contributed by atoms with Gasteiger partial charge in [0.1, 0.15) is 18.3 Å². The number of hydrogen-bond acceptors (Lipinski definition) is 7. The van der Waals surface area contributed by atoms with Crippen molar-refractivity contribution in [1.82, 2.24) is 4.90 Å². The minimum absolute atomic E-state index is 0.0181. The smallest absolute Gasteiger partial charge is 0.303 e. The third kappa shape index (κ3) is 2.04. The first-order valence-corrected chi connectivity index (χ1v) is 12.5. The molecule has 9 rings (SSSR count). The first-order chi connectivity index (χ1) is 15.5. The van der Waals surface area contributed by atoms with Gasteiger partial charge in [-0.1, -0.05) is 19.1 Å². The summed E-state index contributed by atoms with van der Waals surface area (Å²) in [6, 6.07) is 0.633. The number of carbonyl (C=O) groups is 3. The molecule has 0 N–H and O–H groups in total. The van der Waals surface area contributed by atoms with Crippen molar-refractivity contribution in [3.05, 3.63) is 12.2 Å². The molecule has 7 nitrogen and oxygen atoms in total. The molecule has 33 heavy (non-hydrogen) atoms. The second kappa shape index (κ2) is 5.84. The molecule has 178 valence electrons. The van der Waals surface area contributed by atoms with Gasteiger partial charge in [-0.25, -0.2) is 0 Å². The summed E-state index contributed by atoms with van der Waals surface area (Å²) in [5, 5.41) is 0. The SMILES string of the molecule is C=C1CC23CC4C5C6(C)CC(OC(C)=O)C(OC(C)=O)C57C(C2C(OC(C)=O)C1CC37)N4C6. The molecule has 0 aromatic rings. The molecule has 6 saturated carbocycles. The maximum absolute atomic E-state index is 12.4. The average Bonchev–Trinajstić information content (AvgIpc) is 3.11. The van der Waals surface area contributed by atoms with Crippen LogP contribution in [0.1, 0.15) is 53.4 Å². The molecule has 2 spiro atoms. The quantitative estimate of drug-likeness (QED) is 0.367. The molecule has 13 atom stereocenters. The van der Waals surface area contributed by atoms with Crippen LogP contribution in [-0.4, -0.2) is 59.7 Å². The van der Waals surface area contributed by atoms with E-state index in [0.29, 0.717) is 17.9 Å². The highest BCUT2D eigenvalue weighted by molar-refractivity contribution is 5.68. The molecular weight excluding hydrogens is 422 g/mol. The minimum atomic E-state index is -0.451. The first-order valence-electron chi connectivity index (χ1n) is 12.5.